The number of hydrogen-bond acceptors (Lipinski definition) is 3. The molecule has 2 fully saturated rings. The minimum Gasteiger partial charge on any atom is -0.377 e. The van der Waals surface area contributed by atoms with Crippen LogP contribution in [0.1, 0.15) is 24.8 Å². The normalized spacial score (nSPS) is 26.2. The molecule has 1 aliphatic carbocycles. The molecule has 19 heavy (non-hydrogen) atoms. The van der Waals surface area contributed by atoms with Gasteiger partial charge in [-0.3, -0.25) is 0 Å². The molecule has 0 bridgehead atoms. The lowest BCUT2D eigenvalue weighted by Crippen LogP contribution is -2.31. The Labute approximate surface area is 110 Å². The highest BCUT2D eigenvalue weighted by Crippen LogP contribution is 2.39. The first-order chi connectivity index (χ1) is 9.20. The zero-order valence-electron chi connectivity index (χ0n) is 10.3. The summed E-state index contributed by atoms with van der Waals surface area (Å²) in [4.78, 5) is 0. The molecule has 100 valence electrons. The number of halogens is 2. The predicted octanol–water partition coefficient (Wildman–Crippen LogP) is 2.82. The fraction of sp³-hybridized carbons (Fsp3) is 0.500. The Morgan fingerprint density at radius 3 is 2.68 bits per heavy atom. The van der Waals surface area contributed by atoms with Gasteiger partial charge in [-0.25, -0.2) is 8.78 Å². The summed E-state index contributed by atoms with van der Waals surface area (Å²) in [6.45, 7) is 0.652. The van der Waals surface area contributed by atoms with Gasteiger partial charge in [0, 0.05) is 6.61 Å². The number of ether oxygens (including phenoxy) is 1. The molecule has 3 rings (SSSR count). The Bertz CT molecular complexity index is 537. The van der Waals surface area contributed by atoms with Gasteiger partial charge in [0.2, 0.25) is 0 Å². The lowest BCUT2D eigenvalue weighted by atomic mass is 10.1. The van der Waals surface area contributed by atoms with Crippen LogP contribution in [0.5, 0.6) is 0 Å². The van der Waals surface area contributed by atoms with Gasteiger partial charge in [0.05, 0.1) is 23.4 Å². The molecule has 1 aromatic rings. The second kappa shape index (κ2) is 4.78. The second-order valence-corrected chi connectivity index (χ2v) is 5.11. The molecule has 0 aromatic heterocycles. The number of rotatable bonds is 3. The van der Waals surface area contributed by atoms with Crippen LogP contribution in [0.2, 0.25) is 0 Å². The maximum Gasteiger partial charge on any atom is 0.183 e. The van der Waals surface area contributed by atoms with Crippen molar-refractivity contribution in [2.24, 2.45) is 5.92 Å². The van der Waals surface area contributed by atoms with Crippen molar-refractivity contribution in [3.63, 3.8) is 0 Å². The van der Waals surface area contributed by atoms with E-state index in [4.69, 9.17) is 10.00 Å². The third-order valence-electron chi connectivity index (χ3n) is 3.77. The van der Waals surface area contributed by atoms with Crippen LogP contribution in [0.4, 0.5) is 14.5 Å². The molecule has 2 aliphatic rings. The number of nitriles is 1. The molecule has 0 radical (unpaired) electrons. The Balaban J connectivity index is 1.80. The molecule has 2 atom stereocenters. The molecule has 3 nitrogen and oxygen atoms in total. The summed E-state index contributed by atoms with van der Waals surface area (Å²) in [6.07, 6.45) is 3.18. The fourth-order valence-electron chi connectivity index (χ4n) is 2.60. The molecule has 1 heterocycles. The fourth-order valence-corrected chi connectivity index (χ4v) is 2.60. The molecular weight excluding hydrogens is 250 g/mol. The van der Waals surface area contributed by atoms with Gasteiger partial charge in [-0.1, -0.05) is 0 Å². The SMILES string of the molecule is N#Cc1ccc(NC2CCOC2C2CC2)c(F)c1F. The van der Waals surface area contributed by atoms with Crippen molar-refractivity contribution in [3.05, 3.63) is 29.3 Å². The van der Waals surface area contributed by atoms with E-state index in [1.807, 2.05) is 0 Å². The molecule has 2 unspecified atom stereocenters. The predicted molar refractivity (Wildman–Crippen MR) is 65.6 cm³/mol. The molecule has 1 aromatic carbocycles. The third kappa shape index (κ3) is 2.28. The van der Waals surface area contributed by atoms with Gasteiger partial charge in [-0.05, 0) is 37.3 Å². The van der Waals surface area contributed by atoms with Gasteiger partial charge in [0.1, 0.15) is 6.07 Å². The summed E-state index contributed by atoms with van der Waals surface area (Å²) in [7, 11) is 0. The van der Waals surface area contributed by atoms with Crippen molar-refractivity contribution in [2.45, 2.75) is 31.4 Å². The number of nitrogens with zero attached hydrogens (tertiary/aromatic N) is 1. The van der Waals surface area contributed by atoms with E-state index in [0.717, 1.165) is 19.3 Å². The quantitative estimate of drug-likeness (QED) is 0.913. The van der Waals surface area contributed by atoms with Crippen LogP contribution in [-0.2, 0) is 4.74 Å². The number of hydrogen-bond donors (Lipinski definition) is 1. The van der Waals surface area contributed by atoms with Crippen LogP contribution in [0.25, 0.3) is 0 Å². The molecule has 1 aliphatic heterocycles. The molecule has 0 amide bonds. The molecule has 1 N–H and O–H groups in total. The van der Waals surface area contributed by atoms with Crippen LogP contribution in [-0.4, -0.2) is 18.8 Å². The van der Waals surface area contributed by atoms with E-state index in [-0.39, 0.29) is 23.4 Å². The van der Waals surface area contributed by atoms with E-state index in [9.17, 15) is 8.78 Å². The molecule has 0 spiro atoms. The average Bonchev–Trinajstić information content (AvgIpc) is 3.16. The van der Waals surface area contributed by atoms with E-state index < -0.39 is 11.6 Å². The van der Waals surface area contributed by atoms with E-state index in [1.165, 1.54) is 12.1 Å². The summed E-state index contributed by atoms with van der Waals surface area (Å²) in [6, 6.07) is 4.36. The summed E-state index contributed by atoms with van der Waals surface area (Å²) >= 11 is 0. The van der Waals surface area contributed by atoms with Gasteiger partial charge in [-0.15, -0.1) is 0 Å². The van der Waals surface area contributed by atoms with E-state index in [2.05, 4.69) is 5.32 Å². The molecular formula is C14H14F2N2O. The topological polar surface area (TPSA) is 45.0 Å². The standard InChI is InChI=1S/C14H14F2N2O/c15-12-9(7-17)3-4-10(13(12)16)18-11-5-6-19-14(11)8-1-2-8/h3-4,8,11,14,18H,1-2,5-6H2. The van der Waals surface area contributed by atoms with Gasteiger partial charge in [-0.2, -0.15) is 5.26 Å². The van der Waals surface area contributed by atoms with Gasteiger partial charge >= 0.3 is 0 Å². The van der Waals surface area contributed by atoms with Crippen LogP contribution in [0.15, 0.2) is 12.1 Å². The van der Waals surface area contributed by atoms with Crippen LogP contribution in [0.3, 0.4) is 0 Å². The summed E-state index contributed by atoms with van der Waals surface area (Å²) in [5.41, 5.74) is -0.165. The Hall–Kier alpha value is -1.67. The summed E-state index contributed by atoms with van der Waals surface area (Å²) in [5, 5.41) is 11.7. The third-order valence-corrected chi connectivity index (χ3v) is 3.77. The van der Waals surface area contributed by atoms with Crippen molar-refractivity contribution in [2.75, 3.05) is 11.9 Å². The van der Waals surface area contributed by atoms with Gasteiger partial charge < -0.3 is 10.1 Å². The first kappa shape index (κ1) is 12.4. The highest BCUT2D eigenvalue weighted by molar-refractivity contribution is 5.50. The zero-order chi connectivity index (χ0) is 13.4. The number of nitrogens with one attached hydrogen (secondary N) is 1. The van der Waals surface area contributed by atoms with Gasteiger partial charge in [0.15, 0.2) is 11.6 Å². The van der Waals surface area contributed by atoms with E-state index in [1.54, 1.807) is 6.07 Å². The Morgan fingerprint density at radius 1 is 1.21 bits per heavy atom. The minimum atomic E-state index is -1.09. The van der Waals surface area contributed by atoms with Crippen molar-refractivity contribution in [3.8, 4) is 6.07 Å². The van der Waals surface area contributed by atoms with E-state index in [0.29, 0.717) is 12.5 Å². The Kier molecular flexibility index (Phi) is 3.11. The highest BCUT2D eigenvalue weighted by Gasteiger charge is 2.40. The van der Waals surface area contributed by atoms with Gasteiger partial charge in [0.25, 0.3) is 0 Å². The zero-order valence-corrected chi connectivity index (χ0v) is 10.3. The minimum absolute atomic E-state index is 0.0225. The number of anilines is 1. The lowest BCUT2D eigenvalue weighted by Gasteiger charge is -2.21. The second-order valence-electron chi connectivity index (χ2n) is 5.11. The van der Waals surface area contributed by atoms with Crippen molar-refractivity contribution in [1.29, 1.82) is 5.26 Å². The average molecular weight is 264 g/mol. The summed E-state index contributed by atoms with van der Waals surface area (Å²) < 4.78 is 33.0. The lowest BCUT2D eigenvalue weighted by molar-refractivity contribution is 0.0898. The monoisotopic (exact) mass is 264 g/mol. The first-order valence-electron chi connectivity index (χ1n) is 6.47. The van der Waals surface area contributed by atoms with E-state index >= 15 is 0 Å². The van der Waals surface area contributed by atoms with Crippen LogP contribution in [0, 0.1) is 28.9 Å². The Morgan fingerprint density at radius 2 is 2.00 bits per heavy atom. The van der Waals surface area contributed by atoms with Crippen molar-refractivity contribution >= 4 is 5.69 Å². The van der Waals surface area contributed by atoms with Crippen LogP contribution >= 0.6 is 0 Å². The van der Waals surface area contributed by atoms with Crippen molar-refractivity contribution < 1.29 is 13.5 Å². The maximum atomic E-state index is 13.8. The molecule has 1 saturated heterocycles. The highest BCUT2D eigenvalue weighted by atomic mass is 19.2. The number of benzene rings is 1. The van der Waals surface area contributed by atoms with Crippen molar-refractivity contribution in [1.82, 2.24) is 0 Å². The summed E-state index contributed by atoms with van der Waals surface area (Å²) in [5.74, 6) is -1.53. The van der Waals surface area contributed by atoms with Crippen LogP contribution < -0.4 is 5.32 Å². The molecule has 5 heteroatoms. The maximum absolute atomic E-state index is 13.8. The molecule has 1 saturated carbocycles. The smallest absolute Gasteiger partial charge is 0.183 e. The first-order valence-corrected chi connectivity index (χ1v) is 6.47. The largest absolute Gasteiger partial charge is 0.377 e.